The molecule has 2 aromatic carbocycles. The molecule has 0 atom stereocenters. The molecule has 0 aliphatic rings. The first-order valence-corrected chi connectivity index (χ1v) is 13.8. The largest absolute Gasteiger partial charge is 0.497 e. The van der Waals surface area contributed by atoms with Crippen LogP contribution in [0.2, 0.25) is 5.02 Å². The molecule has 0 bridgehead atoms. The normalized spacial score (nSPS) is 11.1. The second-order valence-electron chi connectivity index (χ2n) is 8.81. The van der Waals surface area contributed by atoms with Gasteiger partial charge in [-0.15, -0.1) is 11.8 Å². The van der Waals surface area contributed by atoms with Crippen LogP contribution in [-0.4, -0.2) is 39.3 Å². The molecule has 0 fully saturated rings. The fourth-order valence-electron chi connectivity index (χ4n) is 4.44. The molecule has 6 rings (SSSR count). The number of rotatable bonds is 8. The van der Waals surface area contributed by atoms with Gasteiger partial charge >= 0.3 is 0 Å². The van der Waals surface area contributed by atoms with Gasteiger partial charge in [0, 0.05) is 45.4 Å². The lowest BCUT2D eigenvalue weighted by Crippen LogP contribution is -2.06. The summed E-state index contributed by atoms with van der Waals surface area (Å²) in [4.78, 5) is 19.8. The van der Waals surface area contributed by atoms with E-state index in [0.29, 0.717) is 5.02 Å². The van der Waals surface area contributed by atoms with Gasteiger partial charge in [-0.05, 0) is 72.8 Å². The molecule has 0 saturated carbocycles. The van der Waals surface area contributed by atoms with Crippen LogP contribution < -0.4 is 10.1 Å². The van der Waals surface area contributed by atoms with Gasteiger partial charge in [-0.25, -0.2) is 9.97 Å². The van der Waals surface area contributed by atoms with Crippen molar-refractivity contribution in [3.8, 4) is 28.5 Å². The van der Waals surface area contributed by atoms with Gasteiger partial charge in [0.1, 0.15) is 5.75 Å². The van der Waals surface area contributed by atoms with Gasteiger partial charge in [-0.1, -0.05) is 23.7 Å². The minimum atomic E-state index is 0.662. The number of hydrogen-bond acceptors (Lipinski definition) is 7. The van der Waals surface area contributed by atoms with Crippen molar-refractivity contribution in [1.82, 2.24) is 19.9 Å². The fraction of sp³-hybridized carbons (Fsp3) is 0.0968. The van der Waals surface area contributed by atoms with Crippen molar-refractivity contribution in [3.05, 3.63) is 102 Å². The number of methoxy groups -OCH3 is 1. The molecule has 0 aliphatic carbocycles. The lowest BCUT2D eigenvalue weighted by Gasteiger charge is -2.14. The highest BCUT2D eigenvalue weighted by atomic mass is 35.5. The number of aromatic nitrogens is 4. The molecule has 0 spiro atoms. The van der Waals surface area contributed by atoms with Crippen molar-refractivity contribution >= 4 is 50.9 Å². The first-order valence-electron chi connectivity index (χ1n) is 12.5. The SMILES string of the molecule is COc1ccc2nc3cc(Cl)ccc3c(NCCSc3cc(-c4ccccn4)nc(-c4ccccn4)c3)c2c1. The number of fused-ring (bicyclic) bond motifs is 2. The smallest absolute Gasteiger partial charge is 0.119 e. The number of ether oxygens (including phenoxy) is 1. The fourth-order valence-corrected chi connectivity index (χ4v) is 5.43. The van der Waals surface area contributed by atoms with Crippen LogP contribution >= 0.6 is 23.4 Å². The summed E-state index contributed by atoms with van der Waals surface area (Å²) in [5.74, 6) is 1.62. The molecule has 0 aliphatic heterocycles. The van der Waals surface area contributed by atoms with E-state index in [9.17, 15) is 0 Å². The Hall–Kier alpha value is -4.20. The van der Waals surface area contributed by atoms with Gasteiger partial charge in [0.15, 0.2) is 0 Å². The molecular weight excluding hydrogens is 526 g/mol. The van der Waals surface area contributed by atoms with Crippen molar-refractivity contribution < 1.29 is 4.74 Å². The van der Waals surface area contributed by atoms with Gasteiger partial charge in [0.2, 0.25) is 0 Å². The number of nitrogens with one attached hydrogen (secondary N) is 1. The standard InChI is InChI=1S/C31H24ClN5OS/c1-38-21-9-11-25-24(17-21)31(23-10-8-20(32)16-28(23)36-25)35-14-15-39-22-18-29(26-6-2-4-12-33-26)37-30(19-22)27-7-3-5-13-34-27/h2-13,16-19H,14-15H2,1H3,(H,35,36). The van der Waals surface area contributed by atoms with Gasteiger partial charge < -0.3 is 10.1 Å². The first kappa shape index (κ1) is 25.1. The number of halogens is 1. The minimum Gasteiger partial charge on any atom is -0.497 e. The third-order valence-electron chi connectivity index (χ3n) is 6.27. The predicted molar refractivity (Wildman–Crippen MR) is 161 cm³/mol. The number of thioether (sulfide) groups is 1. The topological polar surface area (TPSA) is 72.8 Å². The molecule has 0 unspecified atom stereocenters. The summed E-state index contributed by atoms with van der Waals surface area (Å²) < 4.78 is 5.49. The van der Waals surface area contributed by atoms with E-state index in [1.165, 1.54) is 0 Å². The molecule has 8 heteroatoms. The number of benzene rings is 2. The van der Waals surface area contributed by atoms with E-state index in [1.54, 1.807) is 31.3 Å². The Bertz CT molecular complexity index is 1710. The Kier molecular flexibility index (Phi) is 7.25. The van der Waals surface area contributed by atoms with Crippen LogP contribution in [0.15, 0.2) is 102 Å². The maximum absolute atomic E-state index is 6.28. The van der Waals surface area contributed by atoms with Crippen molar-refractivity contribution in [3.63, 3.8) is 0 Å². The van der Waals surface area contributed by atoms with Crippen LogP contribution in [0.5, 0.6) is 5.75 Å². The van der Waals surface area contributed by atoms with Crippen LogP contribution in [0, 0.1) is 0 Å². The highest BCUT2D eigenvalue weighted by Gasteiger charge is 2.12. The lowest BCUT2D eigenvalue weighted by molar-refractivity contribution is 0.415. The van der Waals surface area contributed by atoms with E-state index in [4.69, 9.17) is 26.3 Å². The van der Waals surface area contributed by atoms with E-state index in [-0.39, 0.29) is 0 Å². The van der Waals surface area contributed by atoms with Crippen molar-refractivity contribution in [1.29, 1.82) is 0 Å². The average Bonchev–Trinajstić information content (AvgIpc) is 2.99. The van der Waals surface area contributed by atoms with E-state index in [1.807, 2.05) is 72.8 Å². The molecule has 0 radical (unpaired) electrons. The number of hydrogen-bond donors (Lipinski definition) is 1. The first-order chi connectivity index (χ1) is 19.2. The molecule has 0 amide bonds. The van der Waals surface area contributed by atoms with Gasteiger partial charge in [-0.3, -0.25) is 9.97 Å². The minimum absolute atomic E-state index is 0.662. The number of anilines is 1. The molecule has 6 aromatic rings. The molecular formula is C31H24ClN5OS. The highest BCUT2D eigenvalue weighted by molar-refractivity contribution is 7.99. The molecule has 192 valence electrons. The summed E-state index contributed by atoms with van der Waals surface area (Å²) >= 11 is 8.04. The predicted octanol–water partition coefficient (Wildman–Crippen LogP) is 7.77. The quantitative estimate of drug-likeness (QED) is 0.118. The van der Waals surface area contributed by atoms with E-state index >= 15 is 0 Å². The highest BCUT2D eigenvalue weighted by Crippen LogP contribution is 2.34. The Balaban J connectivity index is 1.28. The lowest BCUT2D eigenvalue weighted by atomic mass is 10.1. The Morgan fingerprint density at radius 3 is 2.15 bits per heavy atom. The summed E-state index contributed by atoms with van der Waals surface area (Å²) in [6.07, 6.45) is 3.57. The molecule has 4 aromatic heterocycles. The summed E-state index contributed by atoms with van der Waals surface area (Å²) in [5.41, 5.74) is 6.06. The summed E-state index contributed by atoms with van der Waals surface area (Å²) in [6, 6.07) is 27.6. The van der Waals surface area contributed by atoms with Gasteiger partial charge in [0.05, 0.1) is 46.6 Å². The van der Waals surface area contributed by atoms with Crippen LogP contribution in [0.1, 0.15) is 0 Å². The molecule has 39 heavy (non-hydrogen) atoms. The zero-order valence-electron chi connectivity index (χ0n) is 21.1. The van der Waals surface area contributed by atoms with Crippen LogP contribution in [0.25, 0.3) is 44.6 Å². The summed E-state index contributed by atoms with van der Waals surface area (Å²) in [5, 5.41) is 6.35. The van der Waals surface area contributed by atoms with Crippen LogP contribution in [0.3, 0.4) is 0 Å². The Morgan fingerprint density at radius 1 is 0.744 bits per heavy atom. The third kappa shape index (κ3) is 5.50. The van der Waals surface area contributed by atoms with E-state index < -0.39 is 0 Å². The maximum atomic E-state index is 6.28. The summed E-state index contributed by atoms with van der Waals surface area (Å²) in [6.45, 7) is 0.735. The average molecular weight is 550 g/mol. The van der Waals surface area contributed by atoms with Crippen LogP contribution in [-0.2, 0) is 0 Å². The molecule has 1 N–H and O–H groups in total. The van der Waals surface area contributed by atoms with Crippen LogP contribution in [0.4, 0.5) is 5.69 Å². The van der Waals surface area contributed by atoms with E-state index in [2.05, 4.69) is 27.4 Å². The second kappa shape index (κ2) is 11.3. The monoisotopic (exact) mass is 549 g/mol. The maximum Gasteiger partial charge on any atom is 0.119 e. The Labute approximate surface area is 235 Å². The van der Waals surface area contributed by atoms with Gasteiger partial charge in [-0.2, -0.15) is 0 Å². The van der Waals surface area contributed by atoms with Crippen molar-refractivity contribution in [2.24, 2.45) is 0 Å². The molecule has 4 heterocycles. The zero-order chi connectivity index (χ0) is 26.6. The molecule has 0 saturated heterocycles. The zero-order valence-corrected chi connectivity index (χ0v) is 22.7. The second-order valence-corrected chi connectivity index (χ2v) is 10.4. The summed E-state index contributed by atoms with van der Waals surface area (Å²) in [7, 11) is 1.67. The number of nitrogens with zero attached hydrogens (tertiary/aromatic N) is 4. The third-order valence-corrected chi connectivity index (χ3v) is 7.48. The Morgan fingerprint density at radius 2 is 1.49 bits per heavy atom. The van der Waals surface area contributed by atoms with Crippen molar-refractivity contribution in [2.75, 3.05) is 24.7 Å². The van der Waals surface area contributed by atoms with E-state index in [0.717, 1.165) is 73.2 Å². The van der Waals surface area contributed by atoms with Gasteiger partial charge in [0.25, 0.3) is 0 Å². The molecule has 6 nitrogen and oxygen atoms in total. The van der Waals surface area contributed by atoms with Crippen molar-refractivity contribution in [2.45, 2.75) is 4.90 Å². The number of pyridine rings is 4.